The lowest BCUT2D eigenvalue weighted by Crippen LogP contribution is -2.56. The Kier molecular flexibility index (Phi) is 4.95. The third-order valence-corrected chi connectivity index (χ3v) is 8.36. The molecule has 1 unspecified atom stereocenters. The minimum Gasteiger partial charge on any atom is -0.351 e. The van der Waals surface area contributed by atoms with Crippen LogP contribution in [0.25, 0.3) is 0 Å². The van der Waals surface area contributed by atoms with Crippen LogP contribution >= 0.6 is 0 Å². The Labute approximate surface area is 165 Å². The number of nitrogens with one attached hydrogen (secondary N) is 2. The summed E-state index contributed by atoms with van der Waals surface area (Å²) in [6, 6.07) is 5.03. The number of hydrogen-bond acceptors (Lipinski definition) is 4. The van der Waals surface area contributed by atoms with E-state index in [0.29, 0.717) is 30.8 Å². The maximum Gasteiger partial charge on any atom is 0.243 e. The van der Waals surface area contributed by atoms with Gasteiger partial charge in [-0.3, -0.25) is 9.59 Å². The SMILES string of the molecule is Cc1ccc(C)c(S(=O)(=O)N2C[C@H]3CC[C@@H](C2)C3NC(=O)[C@@H]2CCC(=O)N2)c1. The first-order valence-corrected chi connectivity index (χ1v) is 11.4. The van der Waals surface area contributed by atoms with Gasteiger partial charge in [0.1, 0.15) is 6.04 Å². The molecule has 1 aromatic rings. The van der Waals surface area contributed by atoms with Crippen LogP contribution in [0.15, 0.2) is 23.1 Å². The highest BCUT2D eigenvalue weighted by Crippen LogP contribution is 2.39. The molecule has 4 atom stereocenters. The summed E-state index contributed by atoms with van der Waals surface area (Å²) in [5.41, 5.74) is 1.68. The van der Waals surface area contributed by atoms with E-state index in [0.717, 1.165) is 24.0 Å². The molecule has 1 aliphatic carbocycles. The summed E-state index contributed by atoms with van der Waals surface area (Å²) in [6.07, 6.45) is 2.73. The second kappa shape index (κ2) is 7.15. The fourth-order valence-electron chi connectivity index (χ4n) is 4.81. The molecule has 1 saturated carbocycles. The topological polar surface area (TPSA) is 95.6 Å². The molecule has 4 rings (SSSR count). The van der Waals surface area contributed by atoms with Crippen LogP contribution in [0.2, 0.25) is 0 Å². The summed E-state index contributed by atoms with van der Waals surface area (Å²) in [5, 5.41) is 5.80. The van der Waals surface area contributed by atoms with Gasteiger partial charge in [0.15, 0.2) is 0 Å². The van der Waals surface area contributed by atoms with Crippen molar-refractivity contribution in [1.82, 2.24) is 14.9 Å². The molecule has 2 saturated heterocycles. The Balaban J connectivity index is 1.48. The van der Waals surface area contributed by atoms with Crippen molar-refractivity contribution >= 4 is 21.8 Å². The van der Waals surface area contributed by atoms with Crippen LogP contribution in [-0.2, 0) is 19.6 Å². The van der Waals surface area contributed by atoms with Gasteiger partial charge in [-0.25, -0.2) is 8.42 Å². The van der Waals surface area contributed by atoms with Crippen LogP contribution < -0.4 is 10.6 Å². The Morgan fingerprint density at radius 1 is 1.14 bits per heavy atom. The highest BCUT2D eigenvalue weighted by Gasteiger charge is 2.47. The second-order valence-corrected chi connectivity index (χ2v) is 10.3. The summed E-state index contributed by atoms with van der Waals surface area (Å²) in [5.74, 6) is -0.00413. The Hall–Kier alpha value is -1.93. The molecular weight excluding hydrogens is 378 g/mol. The quantitative estimate of drug-likeness (QED) is 0.784. The average molecular weight is 406 g/mol. The first-order chi connectivity index (χ1) is 13.3. The van der Waals surface area contributed by atoms with E-state index in [-0.39, 0.29) is 29.7 Å². The smallest absolute Gasteiger partial charge is 0.243 e. The van der Waals surface area contributed by atoms with Gasteiger partial charge in [-0.05, 0) is 62.1 Å². The van der Waals surface area contributed by atoms with Crippen molar-refractivity contribution in [3.05, 3.63) is 29.3 Å². The van der Waals surface area contributed by atoms with Gasteiger partial charge in [0, 0.05) is 25.6 Å². The third-order valence-electron chi connectivity index (χ3n) is 6.38. The van der Waals surface area contributed by atoms with Gasteiger partial charge < -0.3 is 10.6 Å². The number of benzene rings is 1. The van der Waals surface area contributed by atoms with Crippen LogP contribution in [0.5, 0.6) is 0 Å². The molecule has 7 nitrogen and oxygen atoms in total. The average Bonchev–Trinajstić information content (AvgIpc) is 3.16. The van der Waals surface area contributed by atoms with Crippen LogP contribution in [0.3, 0.4) is 0 Å². The monoisotopic (exact) mass is 405 g/mol. The van der Waals surface area contributed by atoms with E-state index >= 15 is 0 Å². The van der Waals surface area contributed by atoms with Gasteiger partial charge in [-0.15, -0.1) is 0 Å². The number of amides is 2. The molecule has 0 spiro atoms. The van der Waals surface area contributed by atoms with E-state index in [1.54, 1.807) is 10.4 Å². The summed E-state index contributed by atoms with van der Waals surface area (Å²) in [4.78, 5) is 24.2. The zero-order chi connectivity index (χ0) is 20.1. The molecule has 3 aliphatic rings. The number of rotatable bonds is 4. The second-order valence-electron chi connectivity index (χ2n) is 8.38. The summed E-state index contributed by atoms with van der Waals surface area (Å²) < 4.78 is 28.1. The van der Waals surface area contributed by atoms with Gasteiger partial charge in [-0.2, -0.15) is 4.31 Å². The lowest BCUT2D eigenvalue weighted by atomic mass is 9.93. The molecule has 0 radical (unpaired) electrons. The Bertz CT molecular complexity index is 900. The maximum absolute atomic E-state index is 13.2. The van der Waals surface area contributed by atoms with Gasteiger partial charge in [0.25, 0.3) is 0 Å². The zero-order valence-electron chi connectivity index (χ0n) is 16.3. The number of hydrogen-bond donors (Lipinski definition) is 2. The van der Waals surface area contributed by atoms with E-state index in [2.05, 4.69) is 10.6 Å². The van der Waals surface area contributed by atoms with Gasteiger partial charge in [-0.1, -0.05) is 12.1 Å². The van der Waals surface area contributed by atoms with Crippen molar-refractivity contribution in [2.45, 2.75) is 56.5 Å². The number of nitrogens with zero attached hydrogens (tertiary/aromatic N) is 1. The van der Waals surface area contributed by atoms with Gasteiger partial charge in [0.05, 0.1) is 4.90 Å². The number of carbonyl (C=O) groups excluding carboxylic acids is 2. The number of aryl methyl sites for hydroxylation is 2. The molecule has 2 N–H and O–H groups in total. The lowest BCUT2D eigenvalue weighted by molar-refractivity contribution is -0.126. The largest absolute Gasteiger partial charge is 0.351 e. The molecule has 8 heteroatoms. The van der Waals surface area contributed by atoms with Crippen LogP contribution in [-0.4, -0.2) is 49.7 Å². The fraction of sp³-hybridized carbons (Fsp3) is 0.600. The molecule has 2 bridgehead atoms. The Morgan fingerprint density at radius 2 is 1.82 bits per heavy atom. The zero-order valence-corrected chi connectivity index (χ0v) is 17.1. The predicted octanol–water partition coefficient (Wildman–Crippen LogP) is 1.10. The molecule has 2 amide bonds. The Morgan fingerprint density at radius 3 is 2.43 bits per heavy atom. The first kappa shape index (κ1) is 19.4. The highest BCUT2D eigenvalue weighted by molar-refractivity contribution is 7.89. The van der Waals surface area contributed by atoms with Crippen LogP contribution in [0, 0.1) is 25.7 Å². The number of piperidine rings is 1. The van der Waals surface area contributed by atoms with E-state index < -0.39 is 16.1 Å². The van der Waals surface area contributed by atoms with Crippen molar-refractivity contribution in [3.63, 3.8) is 0 Å². The maximum atomic E-state index is 13.2. The van der Waals surface area contributed by atoms with Gasteiger partial charge >= 0.3 is 0 Å². The van der Waals surface area contributed by atoms with Gasteiger partial charge in [0.2, 0.25) is 21.8 Å². The minimum atomic E-state index is -3.55. The molecule has 3 fully saturated rings. The van der Waals surface area contributed by atoms with Crippen molar-refractivity contribution in [1.29, 1.82) is 0 Å². The van der Waals surface area contributed by atoms with E-state index in [4.69, 9.17) is 0 Å². The molecule has 0 aromatic heterocycles. The van der Waals surface area contributed by atoms with E-state index in [1.807, 2.05) is 26.0 Å². The molecule has 152 valence electrons. The minimum absolute atomic E-state index is 0.0185. The molecule has 28 heavy (non-hydrogen) atoms. The summed E-state index contributed by atoms with van der Waals surface area (Å²) >= 11 is 0. The standard InChI is InChI=1S/C20H27N3O4S/c1-12-3-4-13(2)17(9-12)28(26,27)23-10-14-5-6-15(11-23)19(14)22-20(25)16-7-8-18(24)21-16/h3-4,9,14-16,19H,5-8,10-11H2,1-2H3,(H,21,24)(H,22,25)/t14-,15+,16-,19?/m0/s1. The number of fused-ring (bicyclic) bond motifs is 2. The van der Waals surface area contributed by atoms with Crippen LogP contribution in [0.1, 0.15) is 36.8 Å². The predicted molar refractivity (Wildman–Crippen MR) is 104 cm³/mol. The highest BCUT2D eigenvalue weighted by atomic mass is 32.2. The normalized spacial score (nSPS) is 30.3. The molecule has 2 aliphatic heterocycles. The lowest BCUT2D eigenvalue weighted by Gasteiger charge is -2.38. The third kappa shape index (κ3) is 3.43. The van der Waals surface area contributed by atoms with Crippen molar-refractivity contribution < 1.29 is 18.0 Å². The number of sulfonamides is 1. The fourth-order valence-corrected chi connectivity index (χ4v) is 6.67. The van der Waals surface area contributed by atoms with Crippen molar-refractivity contribution in [2.24, 2.45) is 11.8 Å². The summed E-state index contributed by atoms with van der Waals surface area (Å²) in [7, 11) is -3.55. The number of carbonyl (C=O) groups is 2. The summed E-state index contributed by atoms with van der Waals surface area (Å²) in [6.45, 7) is 4.57. The van der Waals surface area contributed by atoms with Crippen LogP contribution in [0.4, 0.5) is 0 Å². The molecule has 1 aromatic carbocycles. The molecule has 2 heterocycles. The molecular formula is C20H27N3O4S. The van der Waals surface area contributed by atoms with E-state index in [1.165, 1.54) is 0 Å². The first-order valence-electron chi connectivity index (χ1n) is 9.93. The van der Waals surface area contributed by atoms with Crippen molar-refractivity contribution in [2.75, 3.05) is 13.1 Å². The van der Waals surface area contributed by atoms with Crippen molar-refractivity contribution in [3.8, 4) is 0 Å². The van der Waals surface area contributed by atoms with E-state index in [9.17, 15) is 18.0 Å².